The molecule has 1 fully saturated rings. The van der Waals surface area contributed by atoms with E-state index in [-0.39, 0.29) is 11.8 Å². The van der Waals surface area contributed by atoms with E-state index >= 15 is 0 Å². The molecule has 0 spiro atoms. The lowest BCUT2D eigenvalue weighted by atomic mass is 10.1. The Morgan fingerprint density at radius 3 is 2.76 bits per heavy atom. The van der Waals surface area contributed by atoms with Crippen LogP contribution in [0, 0.1) is 0 Å². The Bertz CT molecular complexity index is 490. The van der Waals surface area contributed by atoms with Crippen molar-refractivity contribution in [3.63, 3.8) is 0 Å². The molecule has 0 aromatic heterocycles. The van der Waals surface area contributed by atoms with Crippen LogP contribution in [-0.2, 0) is 11.2 Å². The van der Waals surface area contributed by atoms with Crippen LogP contribution < -0.4 is 5.32 Å². The number of carbonyl (C=O) groups is 2. The number of nitrogens with one attached hydrogen (secondary N) is 1. The average molecular weight is 230 g/mol. The van der Waals surface area contributed by atoms with Gasteiger partial charge in [-0.3, -0.25) is 9.59 Å². The van der Waals surface area contributed by atoms with Gasteiger partial charge in [-0.25, -0.2) is 0 Å². The van der Waals surface area contributed by atoms with E-state index in [0.717, 1.165) is 37.2 Å². The summed E-state index contributed by atoms with van der Waals surface area (Å²) in [4.78, 5) is 25.2. The Labute approximate surface area is 99.6 Å². The maximum Gasteiger partial charge on any atom is 0.253 e. The van der Waals surface area contributed by atoms with Gasteiger partial charge in [0.2, 0.25) is 5.91 Å². The van der Waals surface area contributed by atoms with E-state index in [9.17, 15) is 9.59 Å². The van der Waals surface area contributed by atoms with Gasteiger partial charge in [-0.2, -0.15) is 0 Å². The Morgan fingerprint density at radius 2 is 2.00 bits per heavy atom. The monoisotopic (exact) mass is 230 g/mol. The standard InChI is InChI=1S/C13H14N2O2/c16-12-8-9-3-4-10(7-11(9)14-12)13(17)15-5-1-2-6-15/h3-4,7H,1-2,5-6,8H2,(H,14,16). The molecule has 0 aliphatic carbocycles. The van der Waals surface area contributed by atoms with Crippen molar-refractivity contribution in [1.29, 1.82) is 0 Å². The fraction of sp³-hybridized carbons (Fsp3) is 0.385. The molecule has 1 N–H and O–H groups in total. The smallest absolute Gasteiger partial charge is 0.253 e. The molecule has 1 aromatic rings. The van der Waals surface area contributed by atoms with Crippen LogP contribution in [0.2, 0.25) is 0 Å². The molecule has 3 rings (SSSR count). The summed E-state index contributed by atoms with van der Waals surface area (Å²) >= 11 is 0. The van der Waals surface area contributed by atoms with Crippen molar-refractivity contribution in [3.8, 4) is 0 Å². The minimum absolute atomic E-state index is 0.00534. The molecule has 0 atom stereocenters. The van der Waals surface area contributed by atoms with E-state index in [1.54, 1.807) is 6.07 Å². The summed E-state index contributed by atoms with van der Waals surface area (Å²) in [6.07, 6.45) is 2.61. The number of hydrogen-bond acceptors (Lipinski definition) is 2. The predicted molar refractivity (Wildman–Crippen MR) is 63.9 cm³/mol. The zero-order chi connectivity index (χ0) is 11.8. The second kappa shape index (κ2) is 3.87. The Hall–Kier alpha value is -1.84. The topological polar surface area (TPSA) is 49.4 Å². The second-order valence-electron chi connectivity index (χ2n) is 4.60. The quantitative estimate of drug-likeness (QED) is 0.793. The number of fused-ring (bicyclic) bond motifs is 1. The zero-order valence-corrected chi connectivity index (χ0v) is 9.53. The molecule has 0 bridgehead atoms. The molecule has 2 aliphatic heterocycles. The minimum Gasteiger partial charge on any atom is -0.339 e. The summed E-state index contributed by atoms with van der Waals surface area (Å²) < 4.78 is 0. The van der Waals surface area contributed by atoms with Crippen molar-refractivity contribution in [2.24, 2.45) is 0 Å². The van der Waals surface area contributed by atoms with E-state index in [1.807, 2.05) is 17.0 Å². The SMILES string of the molecule is O=C1Cc2ccc(C(=O)N3CCCC3)cc2N1. The fourth-order valence-electron chi connectivity index (χ4n) is 2.45. The summed E-state index contributed by atoms with van der Waals surface area (Å²) in [6, 6.07) is 5.48. The molecule has 1 aromatic carbocycles. The van der Waals surface area contributed by atoms with Crippen LogP contribution in [0.4, 0.5) is 5.69 Å². The van der Waals surface area contributed by atoms with Gasteiger partial charge in [-0.1, -0.05) is 6.07 Å². The Morgan fingerprint density at radius 1 is 1.24 bits per heavy atom. The molecule has 88 valence electrons. The predicted octanol–water partition coefficient (Wildman–Crippen LogP) is 1.42. The highest BCUT2D eigenvalue weighted by Gasteiger charge is 2.22. The van der Waals surface area contributed by atoms with Gasteiger partial charge in [0.25, 0.3) is 5.91 Å². The number of hydrogen-bond donors (Lipinski definition) is 1. The lowest BCUT2D eigenvalue weighted by Crippen LogP contribution is -2.27. The van der Waals surface area contributed by atoms with Gasteiger partial charge < -0.3 is 10.2 Å². The molecular formula is C13H14N2O2. The third-order valence-corrected chi connectivity index (χ3v) is 3.38. The number of rotatable bonds is 1. The van der Waals surface area contributed by atoms with Crippen LogP contribution >= 0.6 is 0 Å². The number of likely N-dealkylation sites (tertiary alicyclic amines) is 1. The van der Waals surface area contributed by atoms with E-state index in [2.05, 4.69) is 5.32 Å². The van der Waals surface area contributed by atoms with Crippen LogP contribution in [0.5, 0.6) is 0 Å². The summed E-state index contributed by atoms with van der Waals surface area (Å²) in [7, 11) is 0. The van der Waals surface area contributed by atoms with Crippen molar-refractivity contribution in [1.82, 2.24) is 4.90 Å². The maximum absolute atomic E-state index is 12.1. The van der Waals surface area contributed by atoms with E-state index in [0.29, 0.717) is 12.0 Å². The molecule has 0 saturated carbocycles. The van der Waals surface area contributed by atoms with Crippen molar-refractivity contribution >= 4 is 17.5 Å². The molecule has 2 amide bonds. The van der Waals surface area contributed by atoms with Gasteiger partial charge in [0.15, 0.2) is 0 Å². The first-order valence-electron chi connectivity index (χ1n) is 5.96. The van der Waals surface area contributed by atoms with Crippen LogP contribution in [0.15, 0.2) is 18.2 Å². The molecule has 4 nitrogen and oxygen atoms in total. The first kappa shape index (κ1) is 10.3. The largest absolute Gasteiger partial charge is 0.339 e. The number of carbonyl (C=O) groups excluding carboxylic acids is 2. The van der Waals surface area contributed by atoms with Gasteiger partial charge in [-0.15, -0.1) is 0 Å². The molecule has 4 heteroatoms. The van der Waals surface area contributed by atoms with E-state index < -0.39 is 0 Å². The number of benzene rings is 1. The number of amides is 2. The molecule has 0 radical (unpaired) electrons. The van der Waals surface area contributed by atoms with Crippen LogP contribution in [0.25, 0.3) is 0 Å². The number of anilines is 1. The van der Waals surface area contributed by atoms with Gasteiger partial charge in [0.1, 0.15) is 0 Å². The Balaban J connectivity index is 1.87. The molecule has 2 heterocycles. The van der Waals surface area contributed by atoms with Crippen molar-refractivity contribution < 1.29 is 9.59 Å². The fourth-order valence-corrected chi connectivity index (χ4v) is 2.45. The average Bonchev–Trinajstić information content (AvgIpc) is 2.94. The summed E-state index contributed by atoms with van der Waals surface area (Å²) in [5, 5.41) is 2.77. The van der Waals surface area contributed by atoms with Crippen LogP contribution in [-0.4, -0.2) is 29.8 Å². The highest BCUT2D eigenvalue weighted by Crippen LogP contribution is 2.25. The molecule has 17 heavy (non-hydrogen) atoms. The van der Waals surface area contributed by atoms with Crippen LogP contribution in [0.3, 0.4) is 0 Å². The number of nitrogens with zero attached hydrogens (tertiary/aromatic N) is 1. The first-order valence-corrected chi connectivity index (χ1v) is 5.96. The van der Waals surface area contributed by atoms with Gasteiger partial charge >= 0.3 is 0 Å². The summed E-state index contributed by atoms with van der Waals surface area (Å²) in [5.74, 6) is 0.0808. The van der Waals surface area contributed by atoms with Crippen molar-refractivity contribution in [2.45, 2.75) is 19.3 Å². The summed E-state index contributed by atoms with van der Waals surface area (Å²) in [5.41, 5.74) is 2.45. The molecule has 2 aliphatic rings. The first-order chi connectivity index (χ1) is 8.24. The van der Waals surface area contributed by atoms with Crippen molar-refractivity contribution in [3.05, 3.63) is 29.3 Å². The summed E-state index contributed by atoms with van der Waals surface area (Å²) in [6.45, 7) is 1.70. The van der Waals surface area contributed by atoms with Gasteiger partial charge in [0.05, 0.1) is 6.42 Å². The normalized spacial score (nSPS) is 18.1. The maximum atomic E-state index is 12.1. The Kier molecular flexibility index (Phi) is 2.35. The van der Waals surface area contributed by atoms with Gasteiger partial charge in [0, 0.05) is 24.3 Å². The van der Waals surface area contributed by atoms with E-state index in [1.165, 1.54) is 0 Å². The highest BCUT2D eigenvalue weighted by molar-refractivity contribution is 6.02. The van der Waals surface area contributed by atoms with E-state index in [4.69, 9.17) is 0 Å². The molecular weight excluding hydrogens is 216 g/mol. The lowest BCUT2D eigenvalue weighted by molar-refractivity contribution is -0.115. The highest BCUT2D eigenvalue weighted by atomic mass is 16.2. The zero-order valence-electron chi connectivity index (χ0n) is 9.53. The van der Waals surface area contributed by atoms with Crippen LogP contribution in [0.1, 0.15) is 28.8 Å². The minimum atomic E-state index is 0.00534. The third-order valence-electron chi connectivity index (χ3n) is 3.38. The van der Waals surface area contributed by atoms with Gasteiger partial charge in [-0.05, 0) is 30.5 Å². The molecule has 1 saturated heterocycles. The second-order valence-corrected chi connectivity index (χ2v) is 4.60. The third kappa shape index (κ3) is 1.79. The lowest BCUT2D eigenvalue weighted by Gasteiger charge is -2.15. The molecule has 0 unspecified atom stereocenters. The van der Waals surface area contributed by atoms with Crippen molar-refractivity contribution in [2.75, 3.05) is 18.4 Å².